The van der Waals surface area contributed by atoms with Gasteiger partial charge in [0.1, 0.15) is 5.75 Å². The lowest BCUT2D eigenvalue weighted by Gasteiger charge is -2.11. The van der Waals surface area contributed by atoms with E-state index in [2.05, 4.69) is 19.1 Å². The van der Waals surface area contributed by atoms with Crippen LogP contribution in [0.5, 0.6) is 5.75 Å². The molecule has 0 aromatic heterocycles. The van der Waals surface area contributed by atoms with Crippen molar-refractivity contribution in [3.05, 3.63) is 29.8 Å². The third kappa shape index (κ3) is 3.38. The van der Waals surface area contributed by atoms with Gasteiger partial charge in [0.05, 0.1) is 13.2 Å². The Morgan fingerprint density at radius 2 is 2.14 bits per heavy atom. The first kappa shape index (κ1) is 11.1. The molecule has 0 heterocycles. The van der Waals surface area contributed by atoms with Crippen LogP contribution in [-0.2, 0) is 11.2 Å². The first-order valence-electron chi connectivity index (χ1n) is 5.00. The topological polar surface area (TPSA) is 18.5 Å². The van der Waals surface area contributed by atoms with Gasteiger partial charge in [-0.2, -0.15) is 0 Å². The number of hydrogen-bond donors (Lipinski definition) is 0. The van der Waals surface area contributed by atoms with Gasteiger partial charge in [-0.15, -0.1) is 0 Å². The number of hydrogen-bond acceptors (Lipinski definition) is 2. The van der Waals surface area contributed by atoms with Crippen molar-refractivity contribution in [2.45, 2.75) is 26.4 Å². The molecule has 0 spiro atoms. The van der Waals surface area contributed by atoms with Crippen molar-refractivity contribution in [1.82, 2.24) is 0 Å². The predicted molar refractivity (Wildman–Crippen MR) is 57.8 cm³/mol. The summed E-state index contributed by atoms with van der Waals surface area (Å²) >= 11 is 0. The molecule has 0 aliphatic heterocycles. The minimum Gasteiger partial charge on any atom is -0.497 e. The smallest absolute Gasteiger partial charge is 0.119 e. The summed E-state index contributed by atoms with van der Waals surface area (Å²) in [6.45, 7) is 4.87. The first-order chi connectivity index (χ1) is 6.76. The maximum absolute atomic E-state index is 5.48. The summed E-state index contributed by atoms with van der Waals surface area (Å²) in [5, 5.41) is 0. The lowest BCUT2D eigenvalue weighted by Crippen LogP contribution is -2.11. The quantitative estimate of drug-likeness (QED) is 0.717. The highest BCUT2D eigenvalue weighted by Crippen LogP contribution is 2.14. The number of benzene rings is 1. The Morgan fingerprint density at radius 3 is 2.79 bits per heavy atom. The summed E-state index contributed by atoms with van der Waals surface area (Å²) in [6.07, 6.45) is 1.21. The van der Waals surface area contributed by atoms with Crippen LogP contribution in [0.15, 0.2) is 24.3 Å². The van der Waals surface area contributed by atoms with Crippen molar-refractivity contribution in [3.8, 4) is 5.75 Å². The average Bonchev–Trinajstić information content (AvgIpc) is 2.18. The summed E-state index contributed by atoms with van der Waals surface area (Å²) in [5.74, 6) is 0.909. The van der Waals surface area contributed by atoms with Gasteiger partial charge >= 0.3 is 0 Å². The standard InChI is InChI=1S/C12H18O2/c1-4-14-10(2)8-11-6-5-7-12(9-11)13-3/h5-7,9-10H,4,8H2,1-3H3. The molecule has 0 bridgehead atoms. The van der Waals surface area contributed by atoms with Crippen molar-refractivity contribution in [1.29, 1.82) is 0 Å². The van der Waals surface area contributed by atoms with Gasteiger partial charge in [0.2, 0.25) is 0 Å². The highest BCUT2D eigenvalue weighted by molar-refractivity contribution is 5.28. The number of rotatable bonds is 5. The van der Waals surface area contributed by atoms with Gasteiger partial charge < -0.3 is 9.47 Å². The fourth-order valence-electron chi connectivity index (χ4n) is 1.47. The zero-order chi connectivity index (χ0) is 10.4. The second-order valence-corrected chi connectivity index (χ2v) is 3.32. The molecule has 1 aromatic rings. The molecule has 0 fully saturated rings. The van der Waals surface area contributed by atoms with Crippen LogP contribution in [0.25, 0.3) is 0 Å². The van der Waals surface area contributed by atoms with Gasteiger partial charge in [0.15, 0.2) is 0 Å². The average molecular weight is 194 g/mol. The Balaban J connectivity index is 2.57. The third-order valence-electron chi connectivity index (χ3n) is 2.11. The van der Waals surface area contributed by atoms with Crippen LogP contribution in [-0.4, -0.2) is 19.8 Å². The van der Waals surface area contributed by atoms with E-state index in [1.807, 2.05) is 19.1 Å². The van der Waals surface area contributed by atoms with E-state index in [-0.39, 0.29) is 6.10 Å². The molecule has 0 radical (unpaired) electrons. The van der Waals surface area contributed by atoms with Crippen molar-refractivity contribution in [3.63, 3.8) is 0 Å². The zero-order valence-corrected chi connectivity index (χ0v) is 9.12. The fourth-order valence-corrected chi connectivity index (χ4v) is 1.47. The molecule has 0 aliphatic rings. The number of ether oxygens (including phenoxy) is 2. The maximum atomic E-state index is 5.48. The van der Waals surface area contributed by atoms with E-state index >= 15 is 0 Å². The van der Waals surface area contributed by atoms with E-state index in [9.17, 15) is 0 Å². The Bertz CT molecular complexity index is 271. The molecule has 1 rings (SSSR count). The monoisotopic (exact) mass is 194 g/mol. The summed E-state index contributed by atoms with van der Waals surface area (Å²) < 4.78 is 10.6. The molecule has 1 aromatic carbocycles. The van der Waals surface area contributed by atoms with Gasteiger partial charge in [-0.05, 0) is 38.0 Å². The summed E-state index contributed by atoms with van der Waals surface area (Å²) in [7, 11) is 1.69. The van der Waals surface area contributed by atoms with E-state index in [1.165, 1.54) is 5.56 Å². The molecule has 0 N–H and O–H groups in total. The highest BCUT2D eigenvalue weighted by atomic mass is 16.5. The van der Waals surface area contributed by atoms with Crippen LogP contribution >= 0.6 is 0 Å². The molecular formula is C12H18O2. The highest BCUT2D eigenvalue weighted by Gasteiger charge is 2.03. The molecule has 1 atom stereocenters. The molecule has 2 nitrogen and oxygen atoms in total. The van der Waals surface area contributed by atoms with Crippen molar-refractivity contribution >= 4 is 0 Å². The lowest BCUT2D eigenvalue weighted by atomic mass is 10.1. The third-order valence-corrected chi connectivity index (χ3v) is 2.11. The largest absolute Gasteiger partial charge is 0.497 e. The van der Waals surface area contributed by atoms with Gasteiger partial charge in [-0.3, -0.25) is 0 Å². The molecule has 78 valence electrons. The molecule has 1 unspecified atom stereocenters. The Morgan fingerprint density at radius 1 is 1.36 bits per heavy atom. The first-order valence-corrected chi connectivity index (χ1v) is 5.00. The molecule has 0 saturated heterocycles. The molecule has 14 heavy (non-hydrogen) atoms. The second kappa shape index (κ2) is 5.66. The zero-order valence-electron chi connectivity index (χ0n) is 9.12. The van der Waals surface area contributed by atoms with E-state index in [4.69, 9.17) is 9.47 Å². The van der Waals surface area contributed by atoms with Crippen LogP contribution < -0.4 is 4.74 Å². The van der Waals surface area contributed by atoms with Crippen molar-refractivity contribution in [2.24, 2.45) is 0 Å². The minimum absolute atomic E-state index is 0.270. The summed E-state index contributed by atoms with van der Waals surface area (Å²) in [4.78, 5) is 0. The van der Waals surface area contributed by atoms with Crippen LogP contribution in [0.3, 0.4) is 0 Å². The second-order valence-electron chi connectivity index (χ2n) is 3.32. The Labute approximate surface area is 85.8 Å². The summed E-state index contributed by atoms with van der Waals surface area (Å²) in [5.41, 5.74) is 1.25. The number of methoxy groups -OCH3 is 1. The molecule has 0 aliphatic carbocycles. The van der Waals surface area contributed by atoms with E-state index < -0.39 is 0 Å². The minimum atomic E-state index is 0.270. The van der Waals surface area contributed by atoms with Crippen molar-refractivity contribution < 1.29 is 9.47 Å². The SMILES string of the molecule is CCOC(C)Cc1cccc(OC)c1. The van der Waals surface area contributed by atoms with Crippen LogP contribution in [0, 0.1) is 0 Å². The van der Waals surface area contributed by atoms with E-state index in [0.29, 0.717) is 0 Å². The van der Waals surface area contributed by atoms with E-state index in [0.717, 1.165) is 18.8 Å². The van der Waals surface area contributed by atoms with Crippen LogP contribution in [0.1, 0.15) is 19.4 Å². The van der Waals surface area contributed by atoms with Crippen molar-refractivity contribution in [2.75, 3.05) is 13.7 Å². The Hall–Kier alpha value is -1.02. The molecule has 0 amide bonds. The Kier molecular flexibility index (Phi) is 4.47. The van der Waals surface area contributed by atoms with Gasteiger partial charge in [-0.1, -0.05) is 12.1 Å². The van der Waals surface area contributed by atoms with Gasteiger partial charge in [-0.25, -0.2) is 0 Å². The fraction of sp³-hybridized carbons (Fsp3) is 0.500. The molecule has 0 saturated carbocycles. The maximum Gasteiger partial charge on any atom is 0.119 e. The molecular weight excluding hydrogens is 176 g/mol. The van der Waals surface area contributed by atoms with Gasteiger partial charge in [0.25, 0.3) is 0 Å². The lowest BCUT2D eigenvalue weighted by molar-refractivity contribution is 0.0768. The van der Waals surface area contributed by atoms with E-state index in [1.54, 1.807) is 7.11 Å². The van der Waals surface area contributed by atoms with Crippen LogP contribution in [0.2, 0.25) is 0 Å². The van der Waals surface area contributed by atoms with Crippen LogP contribution in [0.4, 0.5) is 0 Å². The van der Waals surface area contributed by atoms with Gasteiger partial charge in [0, 0.05) is 6.61 Å². The summed E-state index contributed by atoms with van der Waals surface area (Å²) in [6, 6.07) is 8.11. The predicted octanol–water partition coefficient (Wildman–Crippen LogP) is 2.66. The normalized spacial score (nSPS) is 12.5. The molecule has 2 heteroatoms.